The van der Waals surface area contributed by atoms with Gasteiger partial charge in [-0.3, -0.25) is 14.7 Å². The smallest absolute Gasteiger partial charge is 0.256 e. The third kappa shape index (κ3) is 6.35. The first kappa shape index (κ1) is 27.6. The van der Waals surface area contributed by atoms with Gasteiger partial charge in [0.25, 0.3) is 5.91 Å². The van der Waals surface area contributed by atoms with Crippen molar-refractivity contribution in [3.8, 4) is 11.5 Å². The predicted octanol–water partition coefficient (Wildman–Crippen LogP) is 6.32. The lowest BCUT2D eigenvalue weighted by Crippen LogP contribution is -2.46. The van der Waals surface area contributed by atoms with E-state index in [2.05, 4.69) is 40.1 Å². The van der Waals surface area contributed by atoms with Crippen LogP contribution in [0.15, 0.2) is 59.6 Å². The molecule has 0 aliphatic carbocycles. The Morgan fingerprint density at radius 2 is 1.61 bits per heavy atom. The molecule has 3 aromatic rings. The van der Waals surface area contributed by atoms with Crippen LogP contribution in [0.25, 0.3) is 10.8 Å². The number of piperazine rings is 1. The summed E-state index contributed by atoms with van der Waals surface area (Å²) in [6.07, 6.45) is 9.91. The van der Waals surface area contributed by atoms with Gasteiger partial charge in [-0.2, -0.15) is 0 Å². The van der Waals surface area contributed by atoms with Crippen molar-refractivity contribution in [2.24, 2.45) is 4.99 Å². The number of nitrogens with zero attached hydrogens (tertiary/aromatic N) is 4. The lowest BCUT2D eigenvalue weighted by molar-refractivity contribution is 0.0775. The molecule has 3 aliphatic heterocycles. The molecule has 0 bridgehead atoms. The molecule has 7 nitrogen and oxygen atoms in total. The normalized spacial score (nSPS) is 18.9. The zero-order valence-electron chi connectivity index (χ0n) is 24.3. The van der Waals surface area contributed by atoms with Crippen LogP contribution in [-0.2, 0) is 0 Å². The van der Waals surface area contributed by atoms with Gasteiger partial charge in [0.2, 0.25) is 0 Å². The number of amides is 1. The molecule has 0 radical (unpaired) electrons. The quantitative estimate of drug-likeness (QED) is 0.260. The summed E-state index contributed by atoms with van der Waals surface area (Å²) in [5.41, 5.74) is 2.75. The molecule has 0 aromatic heterocycles. The van der Waals surface area contributed by atoms with E-state index < -0.39 is 0 Å². The molecule has 7 heteroatoms. The average Bonchev–Trinajstić information content (AvgIpc) is 3.45. The highest BCUT2D eigenvalue weighted by Gasteiger charge is 2.31. The molecule has 3 aliphatic rings. The summed E-state index contributed by atoms with van der Waals surface area (Å²) >= 11 is 0. The van der Waals surface area contributed by atoms with Crippen LogP contribution in [0, 0.1) is 0 Å². The minimum absolute atomic E-state index is 0.0758. The van der Waals surface area contributed by atoms with Crippen molar-refractivity contribution >= 4 is 34.3 Å². The molecule has 2 fully saturated rings. The van der Waals surface area contributed by atoms with Gasteiger partial charge in [-0.1, -0.05) is 37.5 Å². The fourth-order valence-corrected chi connectivity index (χ4v) is 6.39. The number of unbranched alkanes of at least 4 members (excludes halogenated alkanes) is 4. The van der Waals surface area contributed by atoms with Crippen LogP contribution in [0.5, 0.6) is 11.5 Å². The highest BCUT2D eigenvalue weighted by Crippen LogP contribution is 2.37. The molecule has 216 valence electrons. The van der Waals surface area contributed by atoms with Crippen molar-refractivity contribution in [2.75, 3.05) is 57.9 Å². The summed E-state index contributed by atoms with van der Waals surface area (Å²) in [4.78, 5) is 24.9. The van der Waals surface area contributed by atoms with E-state index in [0.717, 1.165) is 74.2 Å². The van der Waals surface area contributed by atoms with E-state index in [1.54, 1.807) is 7.11 Å². The third-order valence-corrected chi connectivity index (χ3v) is 8.78. The van der Waals surface area contributed by atoms with Gasteiger partial charge in [-0.15, -0.1) is 0 Å². The lowest BCUT2D eigenvalue weighted by Gasteiger charge is -2.36. The third-order valence-electron chi connectivity index (χ3n) is 8.78. The first-order chi connectivity index (χ1) is 20.2. The fraction of sp³-hybridized carbons (Fsp3) is 0.471. The Hall–Kier alpha value is -3.58. The second-order valence-electron chi connectivity index (χ2n) is 11.5. The Balaban J connectivity index is 0.942. The molecule has 1 atom stereocenters. The van der Waals surface area contributed by atoms with Crippen LogP contribution in [0.1, 0.15) is 55.3 Å². The molecule has 2 saturated heterocycles. The van der Waals surface area contributed by atoms with Crippen LogP contribution in [0.4, 0.5) is 11.4 Å². The van der Waals surface area contributed by atoms with E-state index in [9.17, 15) is 4.79 Å². The second-order valence-corrected chi connectivity index (χ2v) is 11.5. The van der Waals surface area contributed by atoms with Crippen molar-refractivity contribution < 1.29 is 14.3 Å². The zero-order chi connectivity index (χ0) is 28.0. The number of carbonyl (C=O) groups excluding carboxylic acids is 1. The second kappa shape index (κ2) is 12.9. The van der Waals surface area contributed by atoms with Crippen molar-refractivity contribution in [3.63, 3.8) is 0 Å². The summed E-state index contributed by atoms with van der Waals surface area (Å²) in [5, 5.41) is 1.98. The fourth-order valence-electron chi connectivity index (χ4n) is 6.39. The molecule has 41 heavy (non-hydrogen) atoms. The van der Waals surface area contributed by atoms with Gasteiger partial charge in [0, 0.05) is 44.6 Å². The van der Waals surface area contributed by atoms with Gasteiger partial charge in [0.1, 0.15) is 0 Å². The average molecular weight is 555 g/mol. The van der Waals surface area contributed by atoms with E-state index >= 15 is 0 Å². The van der Waals surface area contributed by atoms with E-state index in [1.165, 1.54) is 37.9 Å². The minimum atomic E-state index is 0.0758. The zero-order valence-corrected chi connectivity index (χ0v) is 24.3. The highest BCUT2D eigenvalue weighted by atomic mass is 16.5. The Bertz CT molecular complexity index is 1370. The standard InChI is InChI=1S/C34H42N4O3/c1-40-32-23-26-21-30-31(35-25-29-13-10-15-38(29)34(30)39)22-27(26)24-33(32)41-20-9-4-2-3-8-14-36-16-18-37(19-17-36)28-11-6-5-7-12-28/h5-7,11-12,21-25,29H,2-4,8-10,13-20H2,1H3/t29-/m0/s1. The number of anilines is 1. The highest BCUT2D eigenvalue weighted by molar-refractivity contribution is 6.07. The summed E-state index contributed by atoms with van der Waals surface area (Å²) in [5.74, 6) is 1.53. The summed E-state index contributed by atoms with van der Waals surface area (Å²) in [6.45, 7) is 7.21. The summed E-state index contributed by atoms with van der Waals surface area (Å²) < 4.78 is 11.8. The van der Waals surface area contributed by atoms with Crippen LogP contribution < -0.4 is 14.4 Å². The maximum Gasteiger partial charge on any atom is 0.256 e. The molecule has 0 unspecified atom stereocenters. The largest absolute Gasteiger partial charge is 0.493 e. The predicted molar refractivity (Wildman–Crippen MR) is 166 cm³/mol. The molecule has 0 N–H and O–H groups in total. The number of benzene rings is 3. The van der Waals surface area contributed by atoms with Crippen molar-refractivity contribution in [1.82, 2.24) is 9.80 Å². The van der Waals surface area contributed by atoms with Gasteiger partial charge in [-0.05, 0) is 79.4 Å². The van der Waals surface area contributed by atoms with E-state index in [1.807, 2.05) is 35.4 Å². The Morgan fingerprint density at radius 1 is 0.854 bits per heavy atom. The summed E-state index contributed by atoms with van der Waals surface area (Å²) in [7, 11) is 1.67. The summed E-state index contributed by atoms with van der Waals surface area (Å²) in [6, 6.07) is 18.8. The van der Waals surface area contributed by atoms with Crippen LogP contribution in [0.2, 0.25) is 0 Å². The van der Waals surface area contributed by atoms with Gasteiger partial charge >= 0.3 is 0 Å². The number of hydrogen-bond donors (Lipinski definition) is 0. The Morgan fingerprint density at radius 3 is 2.44 bits per heavy atom. The maximum atomic E-state index is 13.2. The van der Waals surface area contributed by atoms with Crippen molar-refractivity contribution in [3.05, 3.63) is 60.2 Å². The minimum Gasteiger partial charge on any atom is -0.493 e. The number of ether oxygens (including phenoxy) is 2. The molecule has 3 heterocycles. The number of methoxy groups -OCH3 is 1. The number of aliphatic imine (C=N–C) groups is 1. The maximum absolute atomic E-state index is 13.2. The van der Waals surface area contributed by atoms with Crippen molar-refractivity contribution in [1.29, 1.82) is 0 Å². The first-order valence-corrected chi connectivity index (χ1v) is 15.4. The topological polar surface area (TPSA) is 57.6 Å². The molecule has 3 aromatic carbocycles. The Kier molecular flexibility index (Phi) is 8.71. The molecule has 1 amide bonds. The first-order valence-electron chi connectivity index (χ1n) is 15.4. The van der Waals surface area contributed by atoms with E-state index in [0.29, 0.717) is 17.9 Å². The number of fused-ring (bicyclic) bond motifs is 3. The van der Waals surface area contributed by atoms with E-state index in [-0.39, 0.29) is 11.9 Å². The Labute approximate surface area is 243 Å². The van der Waals surface area contributed by atoms with E-state index in [4.69, 9.17) is 14.5 Å². The SMILES string of the molecule is COc1cc2cc3c(cc2cc1OCCCCCCCN1CCN(c2ccccc2)CC1)N=C[C@@H]1CCCN1C3=O. The molecule has 0 saturated carbocycles. The number of rotatable bonds is 11. The van der Waals surface area contributed by atoms with Gasteiger partial charge in [-0.25, -0.2) is 0 Å². The molecular formula is C34H42N4O3. The van der Waals surface area contributed by atoms with Crippen LogP contribution in [0.3, 0.4) is 0 Å². The number of para-hydroxylation sites is 1. The number of carbonyl (C=O) groups is 1. The van der Waals surface area contributed by atoms with Crippen LogP contribution in [-0.4, -0.2) is 80.9 Å². The van der Waals surface area contributed by atoms with Gasteiger partial charge in [0.05, 0.1) is 31.0 Å². The molecule has 0 spiro atoms. The number of hydrogen-bond acceptors (Lipinski definition) is 6. The monoisotopic (exact) mass is 554 g/mol. The van der Waals surface area contributed by atoms with Gasteiger partial charge < -0.3 is 19.3 Å². The van der Waals surface area contributed by atoms with Gasteiger partial charge in [0.15, 0.2) is 11.5 Å². The van der Waals surface area contributed by atoms with Crippen molar-refractivity contribution in [2.45, 2.75) is 51.0 Å². The van der Waals surface area contributed by atoms with Crippen LogP contribution >= 0.6 is 0 Å². The molecule has 6 rings (SSSR count). The molecular weight excluding hydrogens is 512 g/mol. The lowest BCUT2D eigenvalue weighted by atomic mass is 10.0.